The predicted molar refractivity (Wildman–Crippen MR) is 86.3 cm³/mol. The highest BCUT2D eigenvalue weighted by atomic mass is 79.9. The molecule has 3 rings (SSSR count). The van der Waals surface area contributed by atoms with E-state index in [9.17, 15) is 4.79 Å². The second kappa shape index (κ2) is 6.09. The number of halogens is 1. The van der Waals surface area contributed by atoms with Gasteiger partial charge in [-0.25, -0.2) is 0 Å². The lowest BCUT2D eigenvalue weighted by molar-refractivity contribution is -0.152. The Balaban J connectivity index is 1.82. The monoisotopic (exact) mass is 351 g/mol. The quantitative estimate of drug-likeness (QED) is 0.827. The Morgan fingerprint density at radius 1 is 1.43 bits per heavy atom. The lowest BCUT2D eigenvalue weighted by Gasteiger charge is -2.37. The summed E-state index contributed by atoms with van der Waals surface area (Å²) in [6, 6.07) is 6.36. The molecule has 1 N–H and O–H groups in total. The molecule has 2 aliphatic carbocycles. The number of rotatable bonds is 5. The van der Waals surface area contributed by atoms with Crippen molar-refractivity contribution in [3.8, 4) is 0 Å². The third-order valence-corrected chi connectivity index (χ3v) is 5.07. The molecule has 0 spiro atoms. The SMILES string of the molecule is CCOC(=O)C1(NCC2CC2)CCc2cc(Br)ccc2C1. The second-order valence-corrected chi connectivity index (χ2v) is 7.13. The number of ether oxygens (including phenoxy) is 1. The van der Waals surface area contributed by atoms with Crippen molar-refractivity contribution in [1.29, 1.82) is 0 Å². The Kier molecular flexibility index (Phi) is 4.36. The molecular weight excluding hydrogens is 330 g/mol. The standard InChI is InChI=1S/C17H22BrNO2/c1-2-21-16(20)17(19-11-12-3-4-12)8-7-13-9-15(18)6-5-14(13)10-17/h5-6,9,12,19H,2-4,7-8,10-11H2,1H3. The fourth-order valence-electron chi connectivity index (χ4n) is 3.09. The van der Waals surface area contributed by atoms with E-state index < -0.39 is 5.54 Å². The molecule has 1 atom stereocenters. The molecule has 114 valence electrons. The van der Waals surface area contributed by atoms with Gasteiger partial charge in [0.05, 0.1) is 6.61 Å². The molecule has 4 heteroatoms. The zero-order chi connectivity index (χ0) is 14.9. The van der Waals surface area contributed by atoms with Gasteiger partial charge in [0.2, 0.25) is 0 Å². The van der Waals surface area contributed by atoms with Gasteiger partial charge in [-0.1, -0.05) is 22.0 Å². The summed E-state index contributed by atoms with van der Waals surface area (Å²) < 4.78 is 6.47. The first kappa shape index (κ1) is 15.0. The zero-order valence-electron chi connectivity index (χ0n) is 12.5. The van der Waals surface area contributed by atoms with E-state index in [1.807, 2.05) is 6.92 Å². The van der Waals surface area contributed by atoms with E-state index in [2.05, 4.69) is 39.4 Å². The van der Waals surface area contributed by atoms with E-state index in [0.717, 1.165) is 36.2 Å². The molecule has 3 nitrogen and oxygen atoms in total. The minimum atomic E-state index is -0.528. The summed E-state index contributed by atoms with van der Waals surface area (Å²) >= 11 is 3.52. The van der Waals surface area contributed by atoms with Gasteiger partial charge in [0.15, 0.2) is 0 Å². The summed E-state index contributed by atoms with van der Waals surface area (Å²) in [6.45, 7) is 3.25. The smallest absolute Gasteiger partial charge is 0.326 e. The van der Waals surface area contributed by atoms with Crippen LogP contribution >= 0.6 is 15.9 Å². The molecule has 0 radical (unpaired) electrons. The van der Waals surface area contributed by atoms with Crippen LogP contribution in [0.3, 0.4) is 0 Å². The summed E-state index contributed by atoms with van der Waals surface area (Å²) in [4.78, 5) is 12.5. The minimum absolute atomic E-state index is 0.0841. The molecule has 1 unspecified atom stereocenters. The number of hydrogen-bond acceptors (Lipinski definition) is 3. The number of fused-ring (bicyclic) bond motifs is 1. The summed E-state index contributed by atoms with van der Waals surface area (Å²) in [5.41, 5.74) is 2.08. The molecule has 0 amide bonds. The Morgan fingerprint density at radius 3 is 2.95 bits per heavy atom. The molecule has 0 aromatic heterocycles. The van der Waals surface area contributed by atoms with Crippen molar-refractivity contribution in [3.63, 3.8) is 0 Å². The molecule has 21 heavy (non-hydrogen) atoms. The fraction of sp³-hybridized carbons (Fsp3) is 0.588. The van der Waals surface area contributed by atoms with E-state index in [-0.39, 0.29) is 5.97 Å². The lowest BCUT2D eigenvalue weighted by Crippen LogP contribution is -2.57. The fourth-order valence-corrected chi connectivity index (χ4v) is 3.50. The van der Waals surface area contributed by atoms with Gasteiger partial charge >= 0.3 is 5.97 Å². The number of aryl methyl sites for hydroxylation is 1. The highest BCUT2D eigenvalue weighted by Gasteiger charge is 2.43. The van der Waals surface area contributed by atoms with Crippen molar-refractivity contribution in [1.82, 2.24) is 5.32 Å². The highest BCUT2D eigenvalue weighted by molar-refractivity contribution is 9.10. The maximum atomic E-state index is 12.5. The van der Waals surface area contributed by atoms with Crippen molar-refractivity contribution in [2.75, 3.05) is 13.2 Å². The van der Waals surface area contributed by atoms with Crippen molar-refractivity contribution in [2.45, 2.75) is 44.6 Å². The topological polar surface area (TPSA) is 38.3 Å². The van der Waals surface area contributed by atoms with Gasteiger partial charge in [-0.05, 0) is 68.3 Å². The van der Waals surface area contributed by atoms with Crippen molar-refractivity contribution < 1.29 is 9.53 Å². The number of carbonyl (C=O) groups is 1. The van der Waals surface area contributed by atoms with E-state index in [4.69, 9.17) is 4.74 Å². The first-order valence-electron chi connectivity index (χ1n) is 7.82. The minimum Gasteiger partial charge on any atom is -0.465 e. The van der Waals surface area contributed by atoms with Gasteiger partial charge in [-0.3, -0.25) is 4.79 Å². The van der Waals surface area contributed by atoms with Crippen LogP contribution in [0.25, 0.3) is 0 Å². The predicted octanol–water partition coefficient (Wildman–Crippen LogP) is 3.24. The normalized spacial score (nSPS) is 24.5. The first-order valence-corrected chi connectivity index (χ1v) is 8.62. The number of nitrogens with one attached hydrogen (secondary N) is 1. The van der Waals surface area contributed by atoms with Crippen LogP contribution in [0.4, 0.5) is 0 Å². The van der Waals surface area contributed by atoms with Crippen LogP contribution in [0, 0.1) is 5.92 Å². The van der Waals surface area contributed by atoms with E-state index in [1.54, 1.807) is 0 Å². The summed E-state index contributed by atoms with van der Waals surface area (Å²) in [5, 5.41) is 3.55. The maximum Gasteiger partial charge on any atom is 0.326 e. The van der Waals surface area contributed by atoms with Crippen molar-refractivity contribution in [2.24, 2.45) is 5.92 Å². The Morgan fingerprint density at radius 2 is 2.24 bits per heavy atom. The Hall–Kier alpha value is -0.870. The molecular formula is C17H22BrNO2. The summed E-state index contributed by atoms with van der Waals surface area (Å²) in [7, 11) is 0. The van der Waals surface area contributed by atoms with Gasteiger partial charge in [-0.2, -0.15) is 0 Å². The van der Waals surface area contributed by atoms with E-state index in [1.165, 1.54) is 24.0 Å². The molecule has 0 bridgehead atoms. The molecule has 1 saturated carbocycles. The van der Waals surface area contributed by atoms with Crippen LogP contribution in [0.5, 0.6) is 0 Å². The molecule has 2 aliphatic rings. The molecule has 1 aromatic carbocycles. The summed E-state index contributed by atoms with van der Waals surface area (Å²) in [6.07, 6.45) is 5.05. The van der Waals surface area contributed by atoms with E-state index in [0.29, 0.717) is 6.61 Å². The number of hydrogen-bond donors (Lipinski definition) is 1. The highest BCUT2D eigenvalue weighted by Crippen LogP contribution is 2.34. The number of carbonyl (C=O) groups excluding carboxylic acids is 1. The van der Waals surface area contributed by atoms with Gasteiger partial charge < -0.3 is 10.1 Å². The second-order valence-electron chi connectivity index (χ2n) is 6.22. The van der Waals surface area contributed by atoms with Crippen molar-refractivity contribution >= 4 is 21.9 Å². The summed E-state index contributed by atoms with van der Waals surface area (Å²) in [5.74, 6) is 0.668. The molecule has 0 heterocycles. The largest absolute Gasteiger partial charge is 0.465 e. The molecule has 1 fully saturated rings. The van der Waals surface area contributed by atoms with Crippen LogP contribution in [0.15, 0.2) is 22.7 Å². The number of esters is 1. The average Bonchev–Trinajstić information content (AvgIpc) is 3.29. The molecule has 0 aliphatic heterocycles. The average molecular weight is 352 g/mol. The zero-order valence-corrected chi connectivity index (χ0v) is 14.0. The maximum absolute atomic E-state index is 12.5. The first-order chi connectivity index (χ1) is 10.1. The van der Waals surface area contributed by atoms with Gasteiger partial charge in [0.25, 0.3) is 0 Å². The van der Waals surface area contributed by atoms with Gasteiger partial charge in [-0.15, -0.1) is 0 Å². The Labute approximate surface area is 134 Å². The van der Waals surface area contributed by atoms with Crippen LogP contribution in [-0.2, 0) is 22.4 Å². The van der Waals surface area contributed by atoms with Gasteiger partial charge in [0, 0.05) is 10.9 Å². The number of benzene rings is 1. The third-order valence-electron chi connectivity index (χ3n) is 4.57. The Bertz CT molecular complexity index is 542. The van der Waals surface area contributed by atoms with Crippen LogP contribution < -0.4 is 5.32 Å². The lowest BCUT2D eigenvalue weighted by atomic mass is 9.77. The van der Waals surface area contributed by atoms with Crippen molar-refractivity contribution in [3.05, 3.63) is 33.8 Å². The molecule has 1 aromatic rings. The van der Waals surface area contributed by atoms with Crippen LogP contribution in [0.1, 0.15) is 37.3 Å². The molecule has 0 saturated heterocycles. The van der Waals surface area contributed by atoms with Crippen LogP contribution in [-0.4, -0.2) is 24.7 Å². The van der Waals surface area contributed by atoms with E-state index >= 15 is 0 Å². The third kappa shape index (κ3) is 3.32. The van der Waals surface area contributed by atoms with Crippen LogP contribution in [0.2, 0.25) is 0 Å². The van der Waals surface area contributed by atoms with Gasteiger partial charge in [0.1, 0.15) is 5.54 Å².